The molecule has 0 saturated carbocycles. The summed E-state index contributed by atoms with van der Waals surface area (Å²) in [6.45, 7) is 1.93. The molecule has 1 aromatic rings. The molecule has 0 heterocycles. The van der Waals surface area contributed by atoms with Crippen molar-refractivity contribution in [2.24, 2.45) is 11.8 Å². The second kappa shape index (κ2) is 6.22. The summed E-state index contributed by atoms with van der Waals surface area (Å²) >= 11 is 3.38. The Morgan fingerprint density at radius 2 is 1.85 bits per heavy atom. The lowest BCUT2D eigenvalue weighted by Gasteiger charge is -2.24. The highest BCUT2D eigenvalue weighted by Gasteiger charge is 2.33. The predicted octanol–water partition coefficient (Wildman–Crippen LogP) is 3.36. The van der Waals surface area contributed by atoms with Gasteiger partial charge in [0.25, 0.3) is 0 Å². The Morgan fingerprint density at radius 3 is 2.45 bits per heavy atom. The average Bonchev–Trinajstić information content (AvgIpc) is 2.37. The Kier molecular flexibility index (Phi) is 4.60. The van der Waals surface area contributed by atoms with Gasteiger partial charge in [-0.1, -0.05) is 28.1 Å². The van der Waals surface area contributed by atoms with Gasteiger partial charge in [-0.3, -0.25) is 9.59 Å². The lowest BCUT2D eigenvalue weighted by Crippen LogP contribution is -2.34. The summed E-state index contributed by atoms with van der Waals surface area (Å²) < 4.78 is 0.881. The molecule has 1 aromatic carbocycles. The molecule has 2 rings (SSSR count). The fourth-order valence-corrected chi connectivity index (χ4v) is 3.03. The summed E-state index contributed by atoms with van der Waals surface area (Å²) in [4.78, 5) is 23.5. The summed E-state index contributed by atoms with van der Waals surface area (Å²) in [5.41, 5.74) is 1.70. The maximum absolute atomic E-state index is 12.3. The van der Waals surface area contributed by atoms with Crippen LogP contribution in [0.1, 0.15) is 18.4 Å². The van der Waals surface area contributed by atoms with Crippen LogP contribution in [-0.2, 0) is 9.59 Å². The lowest BCUT2D eigenvalue weighted by atomic mass is 9.82. The number of rotatable bonds is 3. The van der Waals surface area contributed by atoms with Gasteiger partial charge >= 0.3 is 5.97 Å². The Hall–Kier alpha value is -1.62. The van der Waals surface area contributed by atoms with Crippen LogP contribution in [0.15, 0.2) is 34.8 Å². The van der Waals surface area contributed by atoms with Crippen LogP contribution in [0.5, 0.6) is 0 Å². The molecule has 1 amide bonds. The van der Waals surface area contributed by atoms with Crippen LogP contribution < -0.4 is 5.32 Å². The summed E-state index contributed by atoms with van der Waals surface area (Å²) in [6, 6.07) is 5.61. The van der Waals surface area contributed by atoms with Gasteiger partial charge in [0.15, 0.2) is 0 Å². The third kappa shape index (κ3) is 3.48. The van der Waals surface area contributed by atoms with Crippen molar-refractivity contribution in [2.45, 2.75) is 19.8 Å². The van der Waals surface area contributed by atoms with Gasteiger partial charge < -0.3 is 10.4 Å². The first-order chi connectivity index (χ1) is 9.47. The molecule has 20 heavy (non-hydrogen) atoms. The van der Waals surface area contributed by atoms with E-state index < -0.39 is 17.8 Å². The summed E-state index contributed by atoms with van der Waals surface area (Å²) in [5.74, 6) is -2.32. The van der Waals surface area contributed by atoms with Crippen molar-refractivity contribution in [3.8, 4) is 0 Å². The monoisotopic (exact) mass is 337 g/mol. The molecule has 0 radical (unpaired) electrons. The molecule has 0 spiro atoms. The van der Waals surface area contributed by atoms with Crippen LogP contribution in [0.3, 0.4) is 0 Å². The van der Waals surface area contributed by atoms with E-state index in [9.17, 15) is 14.7 Å². The zero-order valence-corrected chi connectivity index (χ0v) is 12.7. The van der Waals surface area contributed by atoms with E-state index in [-0.39, 0.29) is 5.91 Å². The van der Waals surface area contributed by atoms with Crippen LogP contribution in [0.25, 0.3) is 0 Å². The summed E-state index contributed by atoms with van der Waals surface area (Å²) in [7, 11) is 0. The van der Waals surface area contributed by atoms with Gasteiger partial charge in [0, 0.05) is 10.2 Å². The minimum Gasteiger partial charge on any atom is -0.481 e. The van der Waals surface area contributed by atoms with E-state index in [4.69, 9.17) is 0 Å². The molecule has 0 fully saturated rings. The molecule has 4 nitrogen and oxygen atoms in total. The first-order valence-electron chi connectivity index (χ1n) is 6.43. The largest absolute Gasteiger partial charge is 0.481 e. The molecular weight excluding hydrogens is 322 g/mol. The maximum atomic E-state index is 12.3. The van der Waals surface area contributed by atoms with Crippen LogP contribution in [0.2, 0.25) is 0 Å². The van der Waals surface area contributed by atoms with Gasteiger partial charge in [-0.05, 0) is 43.5 Å². The molecule has 0 bridgehead atoms. The fraction of sp³-hybridized carbons (Fsp3) is 0.333. The van der Waals surface area contributed by atoms with E-state index >= 15 is 0 Å². The van der Waals surface area contributed by atoms with Gasteiger partial charge in [0.2, 0.25) is 5.91 Å². The van der Waals surface area contributed by atoms with Crippen molar-refractivity contribution in [2.75, 3.05) is 5.32 Å². The molecule has 2 N–H and O–H groups in total. The quantitative estimate of drug-likeness (QED) is 0.831. The Balaban J connectivity index is 2.14. The topological polar surface area (TPSA) is 66.4 Å². The van der Waals surface area contributed by atoms with E-state index in [0.29, 0.717) is 18.5 Å². The first-order valence-corrected chi connectivity index (χ1v) is 7.22. The van der Waals surface area contributed by atoms with Crippen molar-refractivity contribution in [3.63, 3.8) is 0 Å². The van der Waals surface area contributed by atoms with Crippen molar-refractivity contribution >= 4 is 33.5 Å². The summed E-state index contributed by atoms with van der Waals surface area (Å²) in [6.07, 6.45) is 4.57. The van der Waals surface area contributed by atoms with Crippen LogP contribution in [-0.4, -0.2) is 17.0 Å². The van der Waals surface area contributed by atoms with E-state index in [1.807, 2.05) is 31.2 Å². The lowest BCUT2D eigenvalue weighted by molar-refractivity contribution is -0.146. The van der Waals surface area contributed by atoms with Gasteiger partial charge in [-0.2, -0.15) is 0 Å². The van der Waals surface area contributed by atoms with Crippen molar-refractivity contribution in [3.05, 3.63) is 40.4 Å². The highest BCUT2D eigenvalue weighted by Crippen LogP contribution is 2.28. The Labute approximate surface area is 126 Å². The molecule has 106 valence electrons. The van der Waals surface area contributed by atoms with Crippen molar-refractivity contribution in [1.82, 2.24) is 0 Å². The number of carboxylic acids is 1. The number of carbonyl (C=O) groups is 2. The number of hydrogen-bond donors (Lipinski definition) is 2. The number of allylic oxidation sites excluding steroid dienone is 2. The highest BCUT2D eigenvalue weighted by molar-refractivity contribution is 9.10. The van der Waals surface area contributed by atoms with Gasteiger partial charge in [0.1, 0.15) is 0 Å². The van der Waals surface area contributed by atoms with E-state index in [1.54, 1.807) is 6.07 Å². The second-order valence-electron chi connectivity index (χ2n) is 5.00. The molecule has 0 saturated heterocycles. The first kappa shape index (κ1) is 14.8. The third-order valence-corrected chi connectivity index (χ3v) is 3.85. The number of carbonyl (C=O) groups excluding carboxylic acids is 1. The van der Waals surface area contributed by atoms with Crippen molar-refractivity contribution in [1.29, 1.82) is 0 Å². The molecule has 0 aromatic heterocycles. The molecule has 2 atom stereocenters. The van der Waals surface area contributed by atoms with E-state index in [1.165, 1.54) is 0 Å². The standard InChI is InChI=1S/C15H16BrNO3/c1-9-6-10(16)8-11(7-9)17-14(18)12-4-2-3-5-13(12)15(19)20/h2-3,6-8,12-13H,4-5H2,1H3,(H,17,18)(H,19,20). The number of amides is 1. The Bertz CT molecular complexity index is 548. The highest BCUT2D eigenvalue weighted by atomic mass is 79.9. The number of halogens is 1. The van der Waals surface area contributed by atoms with Crippen molar-refractivity contribution < 1.29 is 14.7 Å². The van der Waals surface area contributed by atoms with Crippen LogP contribution in [0.4, 0.5) is 5.69 Å². The number of benzene rings is 1. The molecular formula is C15H16BrNO3. The number of aryl methyl sites for hydroxylation is 1. The zero-order valence-electron chi connectivity index (χ0n) is 11.1. The van der Waals surface area contributed by atoms with Crippen LogP contribution in [0, 0.1) is 18.8 Å². The van der Waals surface area contributed by atoms with Gasteiger partial charge in [0.05, 0.1) is 11.8 Å². The minimum atomic E-state index is -0.917. The Morgan fingerprint density at radius 1 is 1.20 bits per heavy atom. The maximum Gasteiger partial charge on any atom is 0.307 e. The SMILES string of the molecule is Cc1cc(Br)cc(NC(=O)C2CC=CCC2C(=O)O)c1. The van der Waals surface area contributed by atoms with Gasteiger partial charge in [-0.15, -0.1) is 0 Å². The van der Waals surface area contributed by atoms with Crippen LogP contribution >= 0.6 is 15.9 Å². The molecule has 1 aliphatic carbocycles. The molecule has 0 aliphatic heterocycles. The number of carboxylic acid groups (broad SMARTS) is 1. The molecule has 5 heteroatoms. The average molecular weight is 338 g/mol. The number of anilines is 1. The molecule has 2 unspecified atom stereocenters. The summed E-state index contributed by atoms with van der Waals surface area (Å²) in [5, 5.41) is 12.0. The second-order valence-corrected chi connectivity index (χ2v) is 5.92. The van der Waals surface area contributed by atoms with Gasteiger partial charge in [-0.25, -0.2) is 0 Å². The minimum absolute atomic E-state index is 0.237. The fourth-order valence-electron chi connectivity index (χ4n) is 2.42. The smallest absolute Gasteiger partial charge is 0.307 e. The number of aliphatic carboxylic acids is 1. The zero-order chi connectivity index (χ0) is 14.7. The van der Waals surface area contributed by atoms with E-state index in [0.717, 1.165) is 10.0 Å². The number of hydrogen-bond acceptors (Lipinski definition) is 2. The third-order valence-electron chi connectivity index (χ3n) is 3.40. The normalized spacial score (nSPS) is 21.5. The number of nitrogens with one attached hydrogen (secondary N) is 1. The molecule has 1 aliphatic rings. The van der Waals surface area contributed by atoms with E-state index in [2.05, 4.69) is 21.2 Å². The predicted molar refractivity (Wildman–Crippen MR) is 80.5 cm³/mol.